The molecule has 27 heavy (non-hydrogen) atoms. The molecule has 0 saturated carbocycles. The molecule has 6 heteroatoms. The van der Waals surface area contributed by atoms with Gasteiger partial charge in [0.05, 0.1) is 5.57 Å². The third kappa shape index (κ3) is 4.18. The third-order valence-electron chi connectivity index (χ3n) is 4.16. The summed E-state index contributed by atoms with van der Waals surface area (Å²) in [7, 11) is 0. The SMILES string of the molecule is Cc1ccc(C(=O)C=C(c2cc(Cl)cc(Cl)c2)C(F)(F)F)c2ccccc12. The number of alkyl halides is 3. The van der Waals surface area contributed by atoms with Crippen molar-refractivity contribution in [1.82, 2.24) is 0 Å². The maximum absolute atomic E-state index is 13.6. The topological polar surface area (TPSA) is 17.1 Å². The van der Waals surface area contributed by atoms with Gasteiger partial charge in [0, 0.05) is 15.6 Å². The fourth-order valence-corrected chi connectivity index (χ4v) is 3.44. The summed E-state index contributed by atoms with van der Waals surface area (Å²) in [5.41, 5.74) is -0.221. The minimum Gasteiger partial charge on any atom is -0.289 e. The van der Waals surface area contributed by atoms with Gasteiger partial charge in [-0.05, 0) is 53.1 Å². The Morgan fingerprint density at radius 1 is 0.926 bits per heavy atom. The molecule has 0 fully saturated rings. The van der Waals surface area contributed by atoms with Crippen molar-refractivity contribution in [1.29, 1.82) is 0 Å². The Morgan fingerprint density at radius 2 is 1.52 bits per heavy atom. The van der Waals surface area contributed by atoms with Crippen molar-refractivity contribution in [2.75, 3.05) is 0 Å². The summed E-state index contributed by atoms with van der Waals surface area (Å²) in [4.78, 5) is 12.7. The van der Waals surface area contributed by atoms with E-state index in [1.54, 1.807) is 18.2 Å². The lowest BCUT2D eigenvalue weighted by molar-refractivity contribution is -0.0689. The molecular weight excluding hydrogens is 396 g/mol. The smallest absolute Gasteiger partial charge is 0.289 e. The number of benzene rings is 3. The van der Waals surface area contributed by atoms with E-state index in [0.29, 0.717) is 11.5 Å². The van der Waals surface area contributed by atoms with Gasteiger partial charge in [-0.1, -0.05) is 59.6 Å². The second-order valence-corrected chi connectivity index (χ2v) is 6.93. The zero-order chi connectivity index (χ0) is 19.8. The van der Waals surface area contributed by atoms with Gasteiger partial charge in [0.25, 0.3) is 0 Å². The van der Waals surface area contributed by atoms with E-state index >= 15 is 0 Å². The zero-order valence-corrected chi connectivity index (χ0v) is 15.6. The third-order valence-corrected chi connectivity index (χ3v) is 4.60. The van der Waals surface area contributed by atoms with Crippen LogP contribution in [0, 0.1) is 6.92 Å². The number of hydrogen-bond acceptors (Lipinski definition) is 1. The number of carbonyl (C=O) groups is 1. The summed E-state index contributed by atoms with van der Waals surface area (Å²) in [5, 5.41) is 1.53. The lowest BCUT2D eigenvalue weighted by Crippen LogP contribution is -2.13. The number of carbonyl (C=O) groups excluding carboxylic acids is 1. The lowest BCUT2D eigenvalue weighted by Gasteiger charge is -2.13. The molecule has 0 aliphatic carbocycles. The fraction of sp³-hybridized carbons (Fsp3) is 0.0952. The highest BCUT2D eigenvalue weighted by molar-refractivity contribution is 6.35. The van der Waals surface area contributed by atoms with E-state index in [2.05, 4.69) is 0 Å². The summed E-state index contributed by atoms with van der Waals surface area (Å²) in [5.74, 6) is -0.741. The molecule has 0 N–H and O–H groups in total. The largest absolute Gasteiger partial charge is 0.417 e. The first-order valence-corrected chi connectivity index (χ1v) is 8.70. The average molecular weight is 409 g/mol. The van der Waals surface area contributed by atoms with Gasteiger partial charge < -0.3 is 0 Å². The Labute approximate surface area is 164 Å². The number of rotatable bonds is 3. The Kier molecular flexibility index (Phi) is 5.31. The van der Waals surface area contributed by atoms with Gasteiger partial charge in [-0.15, -0.1) is 0 Å². The summed E-state index contributed by atoms with van der Waals surface area (Å²) in [6.07, 6.45) is -4.15. The minimum absolute atomic E-state index is 0.0564. The summed E-state index contributed by atoms with van der Waals surface area (Å²) in [6.45, 7) is 1.88. The second kappa shape index (κ2) is 7.37. The van der Waals surface area contributed by atoms with Gasteiger partial charge in [0.2, 0.25) is 0 Å². The zero-order valence-electron chi connectivity index (χ0n) is 14.1. The molecule has 138 valence electrons. The van der Waals surface area contributed by atoms with Crippen LogP contribution in [0.3, 0.4) is 0 Å². The van der Waals surface area contributed by atoms with Gasteiger partial charge in [-0.2, -0.15) is 13.2 Å². The van der Waals surface area contributed by atoms with Crippen LogP contribution in [-0.2, 0) is 0 Å². The Morgan fingerprint density at radius 3 is 2.11 bits per heavy atom. The monoisotopic (exact) mass is 408 g/mol. The summed E-state index contributed by atoms with van der Waals surface area (Å²) >= 11 is 11.7. The molecule has 1 nitrogen and oxygen atoms in total. The quantitative estimate of drug-likeness (QED) is 0.328. The number of ketones is 1. The van der Waals surface area contributed by atoms with Crippen molar-refractivity contribution >= 4 is 45.3 Å². The standard InChI is InChI=1S/C21H13Cl2F3O/c1-12-6-7-18(17-5-3-2-4-16(12)17)20(27)11-19(21(24,25)26)13-8-14(22)10-15(23)9-13/h2-11H,1H3. The maximum atomic E-state index is 13.6. The van der Waals surface area contributed by atoms with Gasteiger partial charge in [0.15, 0.2) is 5.78 Å². The van der Waals surface area contributed by atoms with Crippen molar-refractivity contribution < 1.29 is 18.0 Å². The maximum Gasteiger partial charge on any atom is 0.417 e. The number of aryl methyl sites for hydroxylation is 1. The van der Waals surface area contributed by atoms with Crippen molar-refractivity contribution in [2.45, 2.75) is 13.1 Å². The molecule has 0 aliphatic heterocycles. The molecular formula is C21H13Cl2F3O. The van der Waals surface area contributed by atoms with Crippen LogP contribution in [0.2, 0.25) is 10.0 Å². The molecule has 3 rings (SSSR count). The van der Waals surface area contributed by atoms with E-state index < -0.39 is 17.5 Å². The first kappa shape index (κ1) is 19.5. The first-order valence-electron chi connectivity index (χ1n) is 7.95. The predicted molar refractivity (Wildman–Crippen MR) is 104 cm³/mol. The van der Waals surface area contributed by atoms with E-state index in [-0.39, 0.29) is 21.2 Å². The van der Waals surface area contributed by atoms with E-state index in [0.717, 1.165) is 23.1 Å². The van der Waals surface area contributed by atoms with Crippen LogP contribution < -0.4 is 0 Å². The van der Waals surface area contributed by atoms with Crippen LogP contribution >= 0.6 is 23.2 Å². The molecule has 0 saturated heterocycles. The summed E-state index contributed by atoms with van der Waals surface area (Å²) < 4.78 is 40.8. The minimum atomic E-state index is -4.75. The van der Waals surface area contributed by atoms with Crippen LogP contribution in [0.5, 0.6) is 0 Å². The van der Waals surface area contributed by atoms with Crippen molar-refractivity contribution in [3.8, 4) is 0 Å². The molecule has 0 bridgehead atoms. The molecule has 3 aromatic rings. The van der Waals surface area contributed by atoms with E-state index in [1.165, 1.54) is 12.1 Å². The van der Waals surface area contributed by atoms with Crippen molar-refractivity contribution in [3.63, 3.8) is 0 Å². The molecule has 0 unspecified atom stereocenters. The van der Waals surface area contributed by atoms with Crippen molar-refractivity contribution in [3.05, 3.63) is 87.4 Å². The second-order valence-electron chi connectivity index (χ2n) is 6.05. The van der Waals surface area contributed by atoms with Gasteiger partial charge in [-0.3, -0.25) is 4.79 Å². The van der Waals surface area contributed by atoms with E-state index in [9.17, 15) is 18.0 Å². The first-order chi connectivity index (χ1) is 12.7. The molecule has 0 amide bonds. The molecule has 0 aliphatic rings. The van der Waals surface area contributed by atoms with E-state index in [1.807, 2.05) is 19.1 Å². The average Bonchev–Trinajstić information content (AvgIpc) is 2.58. The molecule has 3 aromatic carbocycles. The van der Waals surface area contributed by atoms with Gasteiger partial charge >= 0.3 is 6.18 Å². The summed E-state index contributed by atoms with van der Waals surface area (Å²) in [6, 6.07) is 13.9. The number of allylic oxidation sites excluding steroid dienone is 2. The Bertz CT molecular complexity index is 1050. The highest BCUT2D eigenvalue weighted by atomic mass is 35.5. The van der Waals surface area contributed by atoms with Crippen molar-refractivity contribution in [2.24, 2.45) is 0 Å². The Balaban J connectivity index is 2.17. The normalized spacial score (nSPS) is 12.4. The van der Waals surface area contributed by atoms with Crippen LogP contribution in [-0.4, -0.2) is 12.0 Å². The Hall–Kier alpha value is -2.30. The molecule has 0 radical (unpaired) electrons. The van der Waals surface area contributed by atoms with E-state index in [4.69, 9.17) is 23.2 Å². The highest BCUT2D eigenvalue weighted by Gasteiger charge is 2.35. The number of fused-ring (bicyclic) bond motifs is 1. The van der Waals surface area contributed by atoms with Gasteiger partial charge in [0.1, 0.15) is 0 Å². The highest BCUT2D eigenvalue weighted by Crippen LogP contribution is 2.37. The lowest BCUT2D eigenvalue weighted by atomic mass is 9.95. The predicted octanol–water partition coefficient (Wildman–Crippen LogP) is 7.28. The molecule has 0 spiro atoms. The number of halogens is 5. The molecule has 0 heterocycles. The molecule has 0 aromatic heterocycles. The van der Waals surface area contributed by atoms with Crippen LogP contribution in [0.25, 0.3) is 16.3 Å². The fourth-order valence-electron chi connectivity index (χ4n) is 2.91. The van der Waals surface area contributed by atoms with Crippen LogP contribution in [0.1, 0.15) is 21.5 Å². The van der Waals surface area contributed by atoms with Crippen LogP contribution in [0.4, 0.5) is 13.2 Å². The number of hydrogen-bond donors (Lipinski definition) is 0. The van der Waals surface area contributed by atoms with Gasteiger partial charge in [-0.25, -0.2) is 0 Å². The van der Waals surface area contributed by atoms with Crippen LogP contribution in [0.15, 0.2) is 60.7 Å². The molecule has 0 atom stereocenters.